The number of nitrogens with zero attached hydrogens (tertiary/aromatic N) is 3. The smallest absolute Gasteiger partial charge is 0.487 e. The Balaban J connectivity index is 1.20. The summed E-state index contributed by atoms with van der Waals surface area (Å²) in [6, 6.07) is 13.5. The molecule has 0 aliphatic rings. The minimum atomic E-state index is -4.71. The normalized spacial score (nSPS) is 11.7. The molecule has 0 unspecified atom stereocenters. The number of aromatic amines is 1. The largest absolute Gasteiger partial charge is 0.573 e. The van der Waals surface area contributed by atoms with E-state index in [9.17, 15) is 13.2 Å². The van der Waals surface area contributed by atoms with Crippen LogP contribution in [-0.4, -0.2) is 26.8 Å². The van der Waals surface area contributed by atoms with E-state index in [1.54, 1.807) is 12.2 Å². The summed E-state index contributed by atoms with van der Waals surface area (Å²) in [5.41, 5.74) is 3.52. The number of unbranched alkanes of at least 4 members (excludes halogenated alkanes) is 1. The number of H-pyrrole nitrogens is 1. The minimum absolute atomic E-state index is 0.248. The number of rotatable bonds is 11. The van der Waals surface area contributed by atoms with Gasteiger partial charge in [-0.25, -0.2) is 4.98 Å². The topological polar surface area (TPSA) is 86.1 Å². The molecule has 0 bridgehead atoms. The van der Waals surface area contributed by atoms with Crippen LogP contribution in [0.2, 0.25) is 0 Å². The van der Waals surface area contributed by atoms with Crippen LogP contribution in [0.25, 0.3) is 12.2 Å². The second kappa shape index (κ2) is 11.4. The number of aromatic nitrogens is 4. The molecule has 1 N–H and O–H groups in total. The Morgan fingerprint density at radius 2 is 1.63 bits per heavy atom. The Labute approximate surface area is 199 Å². The second-order valence-corrected chi connectivity index (χ2v) is 7.73. The number of ether oxygens (including phenoxy) is 2. The van der Waals surface area contributed by atoms with Crippen molar-refractivity contribution in [3.8, 4) is 11.5 Å². The average Bonchev–Trinajstić information content (AvgIpc) is 3.52. The van der Waals surface area contributed by atoms with E-state index in [2.05, 4.69) is 25.1 Å². The van der Waals surface area contributed by atoms with Crippen LogP contribution in [0.5, 0.6) is 11.5 Å². The van der Waals surface area contributed by atoms with Gasteiger partial charge in [-0.2, -0.15) is 0 Å². The first-order valence-electron chi connectivity index (χ1n) is 11.0. The first-order valence-corrected chi connectivity index (χ1v) is 11.0. The number of hydrogen-bond acceptors (Lipinski definition) is 6. The summed E-state index contributed by atoms with van der Waals surface area (Å²) in [5.74, 6) is 0.818. The summed E-state index contributed by atoms with van der Waals surface area (Å²) < 4.78 is 51.7. The van der Waals surface area contributed by atoms with E-state index in [0.29, 0.717) is 17.1 Å². The molecule has 0 aliphatic carbocycles. The highest BCUT2D eigenvalue weighted by atomic mass is 19.4. The van der Waals surface area contributed by atoms with Crippen molar-refractivity contribution >= 4 is 12.2 Å². The molecule has 2 aromatic heterocycles. The van der Waals surface area contributed by atoms with E-state index in [1.807, 2.05) is 30.5 Å². The molecule has 0 saturated heterocycles. The lowest BCUT2D eigenvalue weighted by Crippen LogP contribution is -2.16. The van der Waals surface area contributed by atoms with Crippen molar-refractivity contribution in [2.45, 2.75) is 38.7 Å². The van der Waals surface area contributed by atoms with Crippen LogP contribution in [0, 0.1) is 0 Å². The van der Waals surface area contributed by atoms with Crippen molar-refractivity contribution < 1.29 is 27.1 Å². The molecule has 35 heavy (non-hydrogen) atoms. The van der Waals surface area contributed by atoms with E-state index < -0.39 is 6.36 Å². The molecular weight excluding hydrogens is 461 g/mol. The molecule has 0 aliphatic heterocycles. The van der Waals surface area contributed by atoms with Crippen molar-refractivity contribution in [1.29, 1.82) is 0 Å². The number of nitrogens with one attached hydrogen (secondary N) is 1. The molecule has 4 rings (SSSR count). The fourth-order valence-corrected chi connectivity index (χ4v) is 3.31. The van der Waals surface area contributed by atoms with Crippen LogP contribution >= 0.6 is 0 Å². The first-order chi connectivity index (χ1) is 16.9. The number of hydrogen-bond donors (Lipinski definition) is 1. The third kappa shape index (κ3) is 8.02. The summed E-state index contributed by atoms with van der Waals surface area (Å²) in [5, 5.41) is 10.4. The minimum Gasteiger partial charge on any atom is -0.487 e. The predicted molar refractivity (Wildman–Crippen MR) is 122 cm³/mol. The highest BCUT2D eigenvalue weighted by Crippen LogP contribution is 2.23. The molecule has 0 amide bonds. The molecule has 4 aromatic rings. The van der Waals surface area contributed by atoms with Crippen LogP contribution in [0.1, 0.15) is 41.2 Å². The molecule has 0 radical (unpaired) electrons. The summed E-state index contributed by atoms with van der Waals surface area (Å²) in [6.07, 6.45) is 5.92. The van der Waals surface area contributed by atoms with Crippen LogP contribution in [-0.2, 0) is 19.4 Å². The van der Waals surface area contributed by atoms with Gasteiger partial charge in [0.2, 0.25) is 5.89 Å². The molecule has 0 fully saturated rings. The Hall–Kier alpha value is -4.08. The zero-order valence-electron chi connectivity index (χ0n) is 18.7. The fourth-order valence-electron chi connectivity index (χ4n) is 3.31. The number of benzene rings is 2. The molecule has 0 spiro atoms. The number of alkyl halides is 3. The maximum absolute atomic E-state index is 12.2. The molecule has 10 heteroatoms. The van der Waals surface area contributed by atoms with Gasteiger partial charge in [-0.1, -0.05) is 29.5 Å². The Bertz CT molecular complexity index is 1200. The van der Waals surface area contributed by atoms with Crippen LogP contribution in [0.3, 0.4) is 0 Å². The number of aryl methyl sites for hydroxylation is 2. The maximum Gasteiger partial charge on any atom is 0.573 e. The molecule has 0 atom stereocenters. The molecule has 7 nitrogen and oxygen atoms in total. The van der Waals surface area contributed by atoms with Gasteiger partial charge in [0.15, 0.2) is 0 Å². The van der Waals surface area contributed by atoms with Gasteiger partial charge in [0, 0.05) is 12.3 Å². The Morgan fingerprint density at radius 1 is 0.886 bits per heavy atom. The predicted octanol–water partition coefficient (Wildman–Crippen LogP) is 6.01. The van der Waals surface area contributed by atoms with Gasteiger partial charge in [-0.05, 0) is 67.2 Å². The van der Waals surface area contributed by atoms with Gasteiger partial charge >= 0.3 is 6.36 Å². The maximum atomic E-state index is 12.2. The molecular formula is C25H23F3N4O3. The van der Waals surface area contributed by atoms with E-state index in [0.717, 1.165) is 37.1 Å². The lowest BCUT2D eigenvalue weighted by Gasteiger charge is -2.08. The first kappa shape index (κ1) is 24.1. The second-order valence-electron chi connectivity index (χ2n) is 7.73. The van der Waals surface area contributed by atoms with Crippen LogP contribution in [0.15, 0.2) is 65.4 Å². The van der Waals surface area contributed by atoms with Crippen molar-refractivity contribution in [3.05, 3.63) is 89.4 Å². The summed E-state index contributed by atoms with van der Waals surface area (Å²) in [4.78, 5) is 4.33. The summed E-state index contributed by atoms with van der Waals surface area (Å²) in [6.45, 7) is 0.248. The standard InChI is InChI=1S/C25H23F3N4O3/c26-25(27,28)35-23-12-7-19(8-13-23)9-14-24-30-21(17-34-24)16-33-22-10-5-18(6-11-22)3-1-2-4-20-15-29-32-31-20/h5-15,17H,1-4,16H2,(H,29,31,32)/b14-9+. The zero-order chi connectivity index (χ0) is 24.5. The monoisotopic (exact) mass is 484 g/mol. The molecule has 2 heterocycles. The van der Waals surface area contributed by atoms with Gasteiger partial charge in [0.05, 0.1) is 5.69 Å². The average molecular weight is 484 g/mol. The van der Waals surface area contributed by atoms with Crippen LogP contribution in [0.4, 0.5) is 13.2 Å². The number of halogens is 3. The SMILES string of the molecule is FC(F)(F)Oc1ccc(/C=C/c2nc(COc3ccc(CCCCc4c[nH]nn4)cc3)co2)cc1. The summed E-state index contributed by atoms with van der Waals surface area (Å²) in [7, 11) is 0. The lowest BCUT2D eigenvalue weighted by atomic mass is 10.1. The third-order valence-electron chi connectivity index (χ3n) is 5.03. The summed E-state index contributed by atoms with van der Waals surface area (Å²) >= 11 is 0. The van der Waals surface area contributed by atoms with Gasteiger partial charge in [0.1, 0.15) is 30.1 Å². The fraction of sp³-hybridized carbons (Fsp3) is 0.240. The van der Waals surface area contributed by atoms with Crippen molar-refractivity contribution in [3.63, 3.8) is 0 Å². The van der Waals surface area contributed by atoms with Gasteiger partial charge < -0.3 is 13.9 Å². The highest BCUT2D eigenvalue weighted by molar-refractivity contribution is 5.66. The van der Waals surface area contributed by atoms with E-state index in [4.69, 9.17) is 9.15 Å². The third-order valence-corrected chi connectivity index (χ3v) is 5.03. The van der Waals surface area contributed by atoms with Crippen molar-refractivity contribution in [2.24, 2.45) is 0 Å². The molecule has 182 valence electrons. The van der Waals surface area contributed by atoms with E-state index >= 15 is 0 Å². The van der Waals surface area contributed by atoms with Crippen LogP contribution < -0.4 is 9.47 Å². The zero-order valence-corrected chi connectivity index (χ0v) is 18.7. The highest BCUT2D eigenvalue weighted by Gasteiger charge is 2.30. The van der Waals surface area contributed by atoms with Crippen molar-refractivity contribution in [2.75, 3.05) is 0 Å². The quantitative estimate of drug-likeness (QED) is 0.263. The number of oxazole rings is 1. The van der Waals surface area contributed by atoms with E-state index in [1.165, 1.54) is 36.1 Å². The van der Waals surface area contributed by atoms with Gasteiger partial charge in [0.25, 0.3) is 0 Å². The molecule has 2 aromatic carbocycles. The lowest BCUT2D eigenvalue weighted by molar-refractivity contribution is -0.274. The van der Waals surface area contributed by atoms with Crippen molar-refractivity contribution in [1.82, 2.24) is 20.4 Å². The molecule has 0 saturated carbocycles. The Morgan fingerprint density at radius 3 is 2.34 bits per heavy atom. The van der Waals surface area contributed by atoms with Gasteiger partial charge in [-0.15, -0.1) is 18.3 Å². The van der Waals surface area contributed by atoms with Gasteiger partial charge in [-0.3, -0.25) is 5.10 Å². The Kier molecular flexibility index (Phi) is 7.81. The van der Waals surface area contributed by atoms with E-state index in [-0.39, 0.29) is 12.4 Å².